The molecular formula is C23H26BrN3O3. The maximum absolute atomic E-state index is 12.7. The molecule has 158 valence electrons. The summed E-state index contributed by atoms with van der Waals surface area (Å²) in [7, 11) is 0. The molecule has 0 aliphatic carbocycles. The van der Waals surface area contributed by atoms with Crippen molar-refractivity contribution in [3.8, 4) is 0 Å². The van der Waals surface area contributed by atoms with Gasteiger partial charge in [-0.3, -0.25) is 14.4 Å². The van der Waals surface area contributed by atoms with E-state index in [9.17, 15) is 14.4 Å². The van der Waals surface area contributed by atoms with Gasteiger partial charge in [0.25, 0.3) is 5.91 Å². The van der Waals surface area contributed by atoms with Crippen molar-refractivity contribution in [3.05, 3.63) is 64.1 Å². The van der Waals surface area contributed by atoms with Crippen molar-refractivity contribution in [2.45, 2.75) is 32.1 Å². The normalized spacial score (nSPS) is 16.2. The highest BCUT2D eigenvalue weighted by molar-refractivity contribution is 9.10. The molecule has 1 fully saturated rings. The van der Waals surface area contributed by atoms with E-state index in [2.05, 4.69) is 21.2 Å². The zero-order valence-electron chi connectivity index (χ0n) is 16.8. The lowest BCUT2D eigenvalue weighted by Crippen LogP contribution is -2.40. The molecule has 1 aliphatic heterocycles. The molecule has 3 N–H and O–H groups in total. The molecule has 1 saturated heterocycles. The molecule has 1 aliphatic rings. The van der Waals surface area contributed by atoms with Gasteiger partial charge in [0.2, 0.25) is 11.8 Å². The van der Waals surface area contributed by atoms with E-state index in [1.54, 1.807) is 12.1 Å². The summed E-state index contributed by atoms with van der Waals surface area (Å²) in [5, 5.41) is 2.86. The Morgan fingerprint density at radius 2 is 1.77 bits per heavy atom. The molecule has 0 radical (unpaired) electrons. The van der Waals surface area contributed by atoms with Crippen molar-refractivity contribution in [3.63, 3.8) is 0 Å². The summed E-state index contributed by atoms with van der Waals surface area (Å²) in [4.78, 5) is 37.9. The van der Waals surface area contributed by atoms with Crippen LogP contribution < -0.4 is 11.1 Å². The number of amides is 3. The van der Waals surface area contributed by atoms with Gasteiger partial charge in [-0.2, -0.15) is 0 Å². The van der Waals surface area contributed by atoms with E-state index in [0.717, 1.165) is 35.8 Å². The van der Waals surface area contributed by atoms with E-state index >= 15 is 0 Å². The van der Waals surface area contributed by atoms with Crippen LogP contribution in [0.4, 0.5) is 5.69 Å². The molecule has 3 amide bonds. The van der Waals surface area contributed by atoms with Gasteiger partial charge in [-0.1, -0.05) is 28.1 Å². The van der Waals surface area contributed by atoms with Crippen LogP contribution in [-0.4, -0.2) is 35.7 Å². The second-order valence-electron chi connectivity index (χ2n) is 7.69. The van der Waals surface area contributed by atoms with Crippen LogP contribution in [0.1, 0.15) is 41.6 Å². The highest BCUT2D eigenvalue weighted by Crippen LogP contribution is 2.22. The van der Waals surface area contributed by atoms with E-state index in [4.69, 9.17) is 5.73 Å². The lowest BCUT2D eigenvalue weighted by atomic mass is 9.93. The zero-order valence-corrected chi connectivity index (χ0v) is 18.4. The number of anilines is 1. The molecule has 1 heterocycles. The lowest BCUT2D eigenvalue weighted by molar-refractivity contribution is -0.132. The van der Waals surface area contributed by atoms with Gasteiger partial charge in [-0.15, -0.1) is 0 Å². The predicted molar refractivity (Wildman–Crippen MR) is 120 cm³/mol. The van der Waals surface area contributed by atoms with Crippen LogP contribution in [-0.2, 0) is 16.0 Å². The van der Waals surface area contributed by atoms with Crippen LogP contribution in [0.3, 0.4) is 0 Å². The SMILES string of the molecule is NC(=O)CCC1CCCN(C(=O)Cc2ccc(NC(=O)c3ccc(Br)cc3)cc2)C1. The van der Waals surface area contributed by atoms with Gasteiger partial charge in [0.15, 0.2) is 0 Å². The van der Waals surface area contributed by atoms with Gasteiger partial charge in [0.1, 0.15) is 0 Å². The molecule has 2 aromatic rings. The highest BCUT2D eigenvalue weighted by Gasteiger charge is 2.23. The van der Waals surface area contributed by atoms with Crippen LogP contribution in [0.25, 0.3) is 0 Å². The van der Waals surface area contributed by atoms with Crippen LogP contribution in [0.5, 0.6) is 0 Å². The number of piperidine rings is 1. The average molecular weight is 472 g/mol. The minimum Gasteiger partial charge on any atom is -0.370 e. The summed E-state index contributed by atoms with van der Waals surface area (Å²) in [6, 6.07) is 14.5. The minimum atomic E-state index is -0.286. The molecule has 1 unspecified atom stereocenters. The van der Waals surface area contributed by atoms with Gasteiger partial charge in [-0.25, -0.2) is 0 Å². The lowest BCUT2D eigenvalue weighted by Gasteiger charge is -2.32. The van der Waals surface area contributed by atoms with Gasteiger partial charge >= 0.3 is 0 Å². The number of carbonyl (C=O) groups excluding carboxylic acids is 3. The van der Waals surface area contributed by atoms with Crippen molar-refractivity contribution < 1.29 is 14.4 Å². The monoisotopic (exact) mass is 471 g/mol. The maximum Gasteiger partial charge on any atom is 0.255 e. The van der Waals surface area contributed by atoms with Crippen LogP contribution >= 0.6 is 15.9 Å². The van der Waals surface area contributed by atoms with Crippen molar-refractivity contribution in [1.29, 1.82) is 0 Å². The number of nitrogens with one attached hydrogen (secondary N) is 1. The molecule has 0 spiro atoms. The number of halogens is 1. The maximum atomic E-state index is 12.7. The first-order chi connectivity index (χ1) is 14.4. The van der Waals surface area contributed by atoms with E-state index in [0.29, 0.717) is 36.6 Å². The fourth-order valence-corrected chi connectivity index (χ4v) is 3.93. The first kappa shape index (κ1) is 22.0. The number of rotatable bonds is 7. The van der Waals surface area contributed by atoms with Crippen molar-refractivity contribution in [2.75, 3.05) is 18.4 Å². The molecular weight excluding hydrogens is 446 g/mol. The zero-order chi connectivity index (χ0) is 21.5. The smallest absolute Gasteiger partial charge is 0.255 e. The Kier molecular flexibility index (Phi) is 7.63. The molecule has 30 heavy (non-hydrogen) atoms. The van der Waals surface area contributed by atoms with Crippen molar-refractivity contribution >= 4 is 39.3 Å². The second-order valence-corrected chi connectivity index (χ2v) is 8.60. The molecule has 7 heteroatoms. The Bertz CT molecular complexity index is 897. The number of nitrogens with two attached hydrogens (primary N) is 1. The Labute approximate surface area is 184 Å². The summed E-state index contributed by atoms with van der Waals surface area (Å²) >= 11 is 3.35. The van der Waals surface area contributed by atoms with Gasteiger partial charge in [0, 0.05) is 35.2 Å². The number of carbonyl (C=O) groups is 3. The van der Waals surface area contributed by atoms with E-state index in [1.165, 1.54) is 0 Å². The van der Waals surface area contributed by atoms with Crippen LogP contribution in [0.15, 0.2) is 53.0 Å². The third-order valence-electron chi connectivity index (χ3n) is 5.34. The molecule has 0 saturated carbocycles. The van der Waals surface area contributed by atoms with E-state index < -0.39 is 0 Å². The van der Waals surface area contributed by atoms with E-state index in [-0.39, 0.29) is 17.7 Å². The first-order valence-electron chi connectivity index (χ1n) is 10.1. The number of hydrogen-bond donors (Lipinski definition) is 2. The van der Waals surface area contributed by atoms with Crippen LogP contribution in [0, 0.1) is 5.92 Å². The third-order valence-corrected chi connectivity index (χ3v) is 5.87. The summed E-state index contributed by atoms with van der Waals surface area (Å²) in [6.45, 7) is 1.45. The largest absolute Gasteiger partial charge is 0.370 e. The third kappa shape index (κ3) is 6.42. The fraction of sp³-hybridized carbons (Fsp3) is 0.348. The quantitative estimate of drug-likeness (QED) is 0.643. The highest BCUT2D eigenvalue weighted by atomic mass is 79.9. The Morgan fingerprint density at radius 1 is 1.07 bits per heavy atom. The van der Waals surface area contributed by atoms with Crippen molar-refractivity contribution in [2.24, 2.45) is 11.7 Å². The van der Waals surface area contributed by atoms with Gasteiger partial charge in [-0.05, 0) is 67.1 Å². The first-order valence-corrected chi connectivity index (χ1v) is 10.9. The van der Waals surface area contributed by atoms with E-state index in [1.807, 2.05) is 41.3 Å². The summed E-state index contributed by atoms with van der Waals surface area (Å²) in [6.07, 6.45) is 3.43. The number of benzene rings is 2. The van der Waals surface area contributed by atoms with Crippen LogP contribution in [0.2, 0.25) is 0 Å². The molecule has 0 aromatic heterocycles. The number of nitrogens with zero attached hydrogens (tertiary/aromatic N) is 1. The van der Waals surface area contributed by atoms with Crippen molar-refractivity contribution in [1.82, 2.24) is 4.90 Å². The molecule has 6 nitrogen and oxygen atoms in total. The molecule has 2 aromatic carbocycles. The second kappa shape index (κ2) is 10.4. The summed E-state index contributed by atoms with van der Waals surface area (Å²) < 4.78 is 0.918. The number of hydrogen-bond acceptors (Lipinski definition) is 3. The average Bonchev–Trinajstić information content (AvgIpc) is 2.74. The topological polar surface area (TPSA) is 92.5 Å². The Morgan fingerprint density at radius 3 is 2.43 bits per heavy atom. The fourth-order valence-electron chi connectivity index (χ4n) is 3.67. The standard InChI is InChI=1S/C23H26BrN3O3/c24-19-8-6-18(7-9-19)23(30)26-20-10-3-16(4-11-20)14-22(29)27-13-1-2-17(15-27)5-12-21(25)28/h3-4,6-11,17H,1-2,5,12-15H2,(H2,25,28)(H,26,30). The Hall–Kier alpha value is -2.67. The number of primary amides is 1. The summed E-state index contributed by atoms with van der Waals surface area (Å²) in [5.74, 6) is -0.0377. The minimum absolute atomic E-state index is 0.0884. The summed E-state index contributed by atoms with van der Waals surface area (Å²) in [5.41, 5.74) is 7.40. The molecule has 3 rings (SSSR count). The Balaban J connectivity index is 1.52. The van der Waals surface area contributed by atoms with Gasteiger partial charge < -0.3 is 16.0 Å². The predicted octanol–water partition coefficient (Wildman–Crippen LogP) is 3.75. The number of likely N-dealkylation sites (tertiary alicyclic amines) is 1. The van der Waals surface area contributed by atoms with Gasteiger partial charge in [0.05, 0.1) is 6.42 Å². The molecule has 0 bridgehead atoms. The molecule has 1 atom stereocenters.